The molecule has 18 heavy (non-hydrogen) atoms. The van der Waals surface area contributed by atoms with Crippen LogP contribution in [0.2, 0.25) is 0 Å². The molecule has 1 nitrogen and oxygen atoms in total. The molecule has 2 N–H and O–H groups in total. The van der Waals surface area contributed by atoms with Gasteiger partial charge in [0.25, 0.3) is 0 Å². The Morgan fingerprint density at radius 2 is 1.89 bits per heavy atom. The van der Waals surface area contributed by atoms with Crippen LogP contribution in [0.4, 0.5) is 0 Å². The van der Waals surface area contributed by atoms with Crippen molar-refractivity contribution in [2.24, 2.45) is 41.2 Å². The van der Waals surface area contributed by atoms with Gasteiger partial charge in [0.1, 0.15) is 0 Å². The molecule has 0 aromatic heterocycles. The van der Waals surface area contributed by atoms with Crippen molar-refractivity contribution in [1.29, 1.82) is 0 Å². The zero-order chi connectivity index (χ0) is 13.3. The molecule has 0 aromatic rings. The van der Waals surface area contributed by atoms with E-state index in [1.54, 1.807) is 0 Å². The van der Waals surface area contributed by atoms with Gasteiger partial charge in [-0.25, -0.2) is 0 Å². The number of hydrogen-bond acceptors (Lipinski definition) is 1. The van der Waals surface area contributed by atoms with Crippen molar-refractivity contribution in [2.45, 2.75) is 72.3 Å². The molecule has 0 amide bonds. The second-order valence-corrected chi connectivity index (χ2v) is 7.37. The summed E-state index contributed by atoms with van der Waals surface area (Å²) in [7, 11) is 0. The molecule has 0 heterocycles. The van der Waals surface area contributed by atoms with E-state index in [1.165, 1.54) is 38.5 Å². The topological polar surface area (TPSA) is 26.0 Å². The Morgan fingerprint density at radius 3 is 2.44 bits per heavy atom. The third-order valence-electron chi connectivity index (χ3n) is 6.46. The zero-order valence-corrected chi connectivity index (χ0v) is 12.9. The van der Waals surface area contributed by atoms with Gasteiger partial charge < -0.3 is 5.73 Å². The molecule has 2 aliphatic carbocycles. The SMILES string of the molecule is CCC1CCCC([C@@H](C)[C@@H](N)C2CC(C)[C@H]2C)C1. The largest absolute Gasteiger partial charge is 0.327 e. The monoisotopic (exact) mass is 251 g/mol. The molecular formula is C17H33N. The van der Waals surface area contributed by atoms with E-state index in [0.717, 1.165) is 35.5 Å². The molecule has 0 aromatic carbocycles. The average Bonchev–Trinajstić information content (AvgIpc) is 2.42. The summed E-state index contributed by atoms with van der Waals surface area (Å²) < 4.78 is 0. The zero-order valence-electron chi connectivity index (χ0n) is 12.9. The Kier molecular flexibility index (Phi) is 4.75. The van der Waals surface area contributed by atoms with Crippen LogP contribution in [0.5, 0.6) is 0 Å². The van der Waals surface area contributed by atoms with E-state index < -0.39 is 0 Å². The van der Waals surface area contributed by atoms with Crippen molar-refractivity contribution < 1.29 is 0 Å². The van der Waals surface area contributed by atoms with Crippen molar-refractivity contribution in [3.63, 3.8) is 0 Å². The first-order valence-electron chi connectivity index (χ1n) is 8.30. The minimum absolute atomic E-state index is 0.455. The van der Waals surface area contributed by atoms with Gasteiger partial charge >= 0.3 is 0 Å². The van der Waals surface area contributed by atoms with E-state index in [9.17, 15) is 0 Å². The maximum atomic E-state index is 6.59. The lowest BCUT2D eigenvalue weighted by Gasteiger charge is -2.48. The quantitative estimate of drug-likeness (QED) is 0.784. The predicted octanol–water partition coefficient (Wildman–Crippen LogP) is 4.46. The molecule has 0 bridgehead atoms. The second kappa shape index (κ2) is 5.94. The Balaban J connectivity index is 1.88. The van der Waals surface area contributed by atoms with E-state index in [-0.39, 0.29) is 0 Å². The average molecular weight is 251 g/mol. The van der Waals surface area contributed by atoms with Crippen LogP contribution >= 0.6 is 0 Å². The predicted molar refractivity (Wildman–Crippen MR) is 79.3 cm³/mol. The number of rotatable bonds is 4. The third-order valence-corrected chi connectivity index (χ3v) is 6.46. The van der Waals surface area contributed by atoms with E-state index in [4.69, 9.17) is 5.73 Å². The number of hydrogen-bond donors (Lipinski definition) is 1. The lowest BCUT2D eigenvalue weighted by atomic mass is 9.59. The molecule has 4 unspecified atom stereocenters. The van der Waals surface area contributed by atoms with Crippen LogP contribution in [-0.4, -0.2) is 6.04 Å². The summed E-state index contributed by atoms with van der Waals surface area (Å²) in [5.41, 5.74) is 6.59. The molecule has 0 radical (unpaired) electrons. The van der Waals surface area contributed by atoms with Gasteiger partial charge in [-0.3, -0.25) is 0 Å². The fourth-order valence-corrected chi connectivity index (χ4v) is 4.48. The van der Waals surface area contributed by atoms with Crippen LogP contribution in [-0.2, 0) is 0 Å². The van der Waals surface area contributed by atoms with Gasteiger partial charge in [-0.15, -0.1) is 0 Å². The minimum atomic E-state index is 0.455. The van der Waals surface area contributed by atoms with Gasteiger partial charge in [0.15, 0.2) is 0 Å². The van der Waals surface area contributed by atoms with Gasteiger partial charge in [-0.2, -0.15) is 0 Å². The summed E-state index contributed by atoms with van der Waals surface area (Å²) in [6, 6.07) is 0.455. The number of nitrogens with two attached hydrogens (primary N) is 1. The van der Waals surface area contributed by atoms with Gasteiger partial charge in [0, 0.05) is 6.04 Å². The molecule has 106 valence electrons. The third kappa shape index (κ3) is 2.76. The first-order valence-corrected chi connectivity index (χ1v) is 8.30. The second-order valence-electron chi connectivity index (χ2n) is 7.37. The van der Waals surface area contributed by atoms with E-state index in [1.807, 2.05) is 0 Å². The lowest BCUT2D eigenvalue weighted by Crippen LogP contribution is -2.50. The molecular weight excluding hydrogens is 218 g/mol. The van der Waals surface area contributed by atoms with Crippen molar-refractivity contribution in [3.05, 3.63) is 0 Å². The molecule has 2 saturated carbocycles. The highest BCUT2D eigenvalue weighted by molar-refractivity contribution is 4.94. The molecule has 0 saturated heterocycles. The van der Waals surface area contributed by atoms with Gasteiger partial charge in [-0.05, 0) is 48.3 Å². The normalized spacial score (nSPS) is 44.2. The molecule has 1 heteroatoms. The molecule has 2 aliphatic rings. The maximum Gasteiger partial charge on any atom is 0.00983 e. The van der Waals surface area contributed by atoms with E-state index >= 15 is 0 Å². The van der Waals surface area contributed by atoms with Crippen LogP contribution in [0.15, 0.2) is 0 Å². The molecule has 0 spiro atoms. The van der Waals surface area contributed by atoms with Crippen molar-refractivity contribution in [1.82, 2.24) is 0 Å². The highest BCUT2D eigenvalue weighted by Gasteiger charge is 2.41. The first-order chi connectivity index (χ1) is 8.54. The van der Waals surface area contributed by atoms with Crippen molar-refractivity contribution in [2.75, 3.05) is 0 Å². The van der Waals surface area contributed by atoms with Crippen molar-refractivity contribution >= 4 is 0 Å². The van der Waals surface area contributed by atoms with Gasteiger partial charge in [0.05, 0.1) is 0 Å². The Hall–Kier alpha value is -0.0400. The summed E-state index contributed by atoms with van der Waals surface area (Å²) >= 11 is 0. The Morgan fingerprint density at radius 1 is 1.17 bits per heavy atom. The van der Waals surface area contributed by atoms with Crippen LogP contribution in [0.25, 0.3) is 0 Å². The highest BCUT2D eigenvalue weighted by atomic mass is 14.7. The van der Waals surface area contributed by atoms with Gasteiger partial charge in [0.2, 0.25) is 0 Å². The fraction of sp³-hybridized carbons (Fsp3) is 1.00. The summed E-state index contributed by atoms with van der Waals surface area (Å²) in [5.74, 6) is 5.19. The van der Waals surface area contributed by atoms with Crippen molar-refractivity contribution in [3.8, 4) is 0 Å². The summed E-state index contributed by atoms with van der Waals surface area (Å²) in [6.45, 7) is 9.57. The minimum Gasteiger partial charge on any atom is -0.327 e. The lowest BCUT2D eigenvalue weighted by molar-refractivity contribution is 0.0405. The Bertz CT molecular complexity index is 260. The van der Waals surface area contributed by atoms with Crippen LogP contribution in [0.1, 0.15) is 66.2 Å². The molecule has 2 fully saturated rings. The van der Waals surface area contributed by atoms with Crippen LogP contribution in [0.3, 0.4) is 0 Å². The molecule has 7 atom stereocenters. The summed E-state index contributed by atoms with van der Waals surface area (Å²) in [5, 5.41) is 0. The summed E-state index contributed by atoms with van der Waals surface area (Å²) in [6.07, 6.45) is 8.53. The van der Waals surface area contributed by atoms with E-state index in [2.05, 4.69) is 27.7 Å². The fourth-order valence-electron chi connectivity index (χ4n) is 4.48. The van der Waals surface area contributed by atoms with Crippen LogP contribution < -0.4 is 5.73 Å². The first kappa shape index (κ1) is 14.4. The smallest absolute Gasteiger partial charge is 0.00983 e. The molecule has 2 rings (SSSR count). The van der Waals surface area contributed by atoms with Gasteiger partial charge in [-0.1, -0.05) is 53.4 Å². The van der Waals surface area contributed by atoms with E-state index in [0.29, 0.717) is 6.04 Å². The summed E-state index contributed by atoms with van der Waals surface area (Å²) in [4.78, 5) is 0. The van der Waals surface area contributed by atoms with Crippen LogP contribution in [0, 0.1) is 35.5 Å². The highest BCUT2D eigenvalue weighted by Crippen LogP contribution is 2.45. The standard InChI is InChI=1S/C17H33N/c1-5-14-7-6-8-15(10-14)13(4)17(18)16-9-11(2)12(16)3/h11-17H,5-10,18H2,1-4H3/t11?,12-,13-,14?,15?,16?,17-/m1/s1. The maximum absolute atomic E-state index is 6.59. The molecule has 0 aliphatic heterocycles. The Labute approximate surface area is 114 Å².